The van der Waals surface area contributed by atoms with Gasteiger partial charge >= 0.3 is 0 Å². The zero-order chi connectivity index (χ0) is 9.84. The van der Waals surface area contributed by atoms with E-state index in [1.807, 2.05) is 0 Å². The number of Topliss-reactive ketones (excluding diaryl/α,β-unsaturated/α-hetero) is 1. The van der Waals surface area contributed by atoms with Crippen LogP contribution in [0.5, 0.6) is 0 Å². The fourth-order valence-electron chi connectivity index (χ4n) is 1.94. The Balaban J connectivity index is 2.38. The van der Waals surface area contributed by atoms with Crippen molar-refractivity contribution in [2.75, 3.05) is 6.54 Å². The highest BCUT2D eigenvalue weighted by molar-refractivity contribution is 5.82. The van der Waals surface area contributed by atoms with E-state index in [4.69, 9.17) is 0 Å². The van der Waals surface area contributed by atoms with Gasteiger partial charge in [-0.15, -0.1) is 0 Å². The van der Waals surface area contributed by atoms with Gasteiger partial charge in [-0.05, 0) is 25.8 Å². The molecule has 1 aliphatic rings. The van der Waals surface area contributed by atoms with Crippen LogP contribution in [0.3, 0.4) is 0 Å². The molecule has 1 heterocycles. The van der Waals surface area contributed by atoms with Gasteiger partial charge in [-0.25, -0.2) is 0 Å². The van der Waals surface area contributed by atoms with Gasteiger partial charge in [0, 0.05) is 18.4 Å². The van der Waals surface area contributed by atoms with Crippen molar-refractivity contribution >= 4 is 5.78 Å². The van der Waals surface area contributed by atoms with E-state index in [1.54, 1.807) is 0 Å². The summed E-state index contributed by atoms with van der Waals surface area (Å²) in [4.78, 5) is 11.8. The summed E-state index contributed by atoms with van der Waals surface area (Å²) in [6.45, 7) is 7.43. The van der Waals surface area contributed by atoms with Crippen LogP contribution in [0.2, 0.25) is 0 Å². The van der Waals surface area contributed by atoms with Crippen LogP contribution in [-0.4, -0.2) is 18.4 Å². The number of hydrogen-bond donors (Lipinski definition) is 1. The van der Waals surface area contributed by atoms with Crippen LogP contribution in [0.1, 0.15) is 40.0 Å². The lowest BCUT2D eigenvalue weighted by Gasteiger charge is -2.15. The van der Waals surface area contributed by atoms with E-state index in [-0.39, 0.29) is 5.92 Å². The molecular formula is C11H21NO. The van der Waals surface area contributed by atoms with Crippen molar-refractivity contribution in [3.63, 3.8) is 0 Å². The lowest BCUT2D eigenvalue weighted by atomic mass is 9.90. The molecule has 0 amide bonds. The van der Waals surface area contributed by atoms with Gasteiger partial charge in [0.15, 0.2) is 0 Å². The minimum atomic E-state index is 0.286. The van der Waals surface area contributed by atoms with Gasteiger partial charge in [0.25, 0.3) is 0 Å². The van der Waals surface area contributed by atoms with E-state index < -0.39 is 0 Å². The predicted octanol–water partition coefficient (Wildman–Crippen LogP) is 1.99. The molecule has 0 aromatic rings. The van der Waals surface area contributed by atoms with Crippen molar-refractivity contribution in [2.45, 2.75) is 46.1 Å². The number of carbonyl (C=O) groups excluding carboxylic acids is 1. The summed E-state index contributed by atoms with van der Waals surface area (Å²) in [5, 5.41) is 3.32. The average Bonchev–Trinajstić information content (AvgIpc) is 2.51. The Morgan fingerprint density at radius 3 is 2.77 bits per heavy atom. The molecule has 0 aromatic heterocycles. The maximum atomic E-state index is 11.8. The molecule has 1 saturated heterocycles. The van der Waals surface area contributed by atoms with Gasteiger partial charge in [0.2, 0.25) is 0 Å². The van der Waals surface area contributed by atoms with Crippen molar-refractivity contribution in [1.82, 2.24) is 5.32 Å². The molecule has 2 heteroatoms. The molecule has 76 valence electrons. The molecule has 1 aliphatic heterocycles. The Kier molecular flexibility index (Phi) is 3.91. The Hall–Kier alpha value is -0.370. The summed E-state index contributed by atoms with van der Waals surface area (Å²) >= 11 is 0. The van der Waals surface area contributed by atoms with E-state index in [0.29, 0.717) is 17.7 Å². The number of nitrogens with one attached hydrogen (secondary N) is 1. The molecule has 0 bridgehead atoms. The zero-order valence-electron chi connectivity index (χ0n) is 8.97. The van der Waals surface area contributed by atoms with Crippen molar-refractivity contribution in [1.29, 1.82) is 0 Å². The molecule has 13 heavy (non-hydrogen) atoms. The quantitative estimate of drug-likeness (QED) is 0.722. The van der Waals surface area contributed by atoms with Crippen LogP contribution in [-0.2, 0) is 4.79 Å². The molecule has 1 fully saturated rings. The van der Waals surface area contributed by atoms with Crippen LogP contribution in [0.25, 0.3) is 0 Å². The summed E-state index contributed by atoms with van der Waals surface area (Å²) in [5.74, 6) is 1.31. The van der Waals surface area contributed by atoms with Crippen molar-refractivity contribution in [3.05, 3.63) is 0 Å². The largest absolute Gasteiger partial charge is 0.314 e. The molecule has 0 radical (unpaired) electrons. The Labute approximate surface area is 81.1 Å². The van der Waals surface area contributed by atoms with Crippen LogP contribution in [0, 0.1) is 11.8 Å². The topological polar surface area (TPSA) is 29.1 Å². The van der Waals surface area contributed by atoms with Gasteiger partial charge in [-0.3, -0.25) is 4.79 Å². The minimum absolute atomic E-state index is 0.286. The highest BCUT2D eigenvalue weighted by atomic mass is 16.1. The fourth-order valence-corrected chi connectivity index (χ4v) is 1.94. The van der Waals surface area contributed by atoms with E-state index in [0.717, 1.165) is 25.8 Å². The summed E-state index contributed by atoms with van der Waals surface area (Å²) in [7, 11) is 0. The Morgan fingerprint density at radius 2 is 2.31 bits per heavy atom. The average molecular weight is 183 g/mol. The molecule has 0 aliphatic carbocycles. The predicted molar refractivity (Wildman–Crippen MR) is 54.7 cm³/mol. The molecule has 1 rings (SSSR count). The second-order valence-electron chi connectivity index (χ2n) is 4.32. The second-order valence-corrected chi connectivity index (χ2v) is 4.32. The molecule has 3 atom stereocenters. The van der Waals surface area contributed by atoms with E-state index >= 15 is 0 Å². The summed E-state index contributed by atoms with van der Waals surface area (Å²) in [5.41, 5.74) is 0. The highest BCUT2D eigenvalue weighted by Crippen LogP contribution is 2.20. The Morgan fingerprint density at radius 1 is 1.62 bits per heavy atom. The van der Waals surface area contributed by atoms with Crippen molar-refractivity contribution in [2.24, 2.45) is 11.8 Å². The lowest BCUT2D eigenvalue weighted by molar-refractivity contribution is -0.123. The van der Waals surface area contributed by atoms with Gasteiger partial charge in [-0.2, -0.15) is 0 Å². The first kappa shape index (κ1) is 10.7. The number of rotatable bonds is 4. The molecule has 2 nitrogen and oxygen atoms in total. The van der Waals surface area contributed by atoms with Gasteiger partial charge in [-0.1, -0.05) is 20.3 Å². The van der Waals surface area contributed by atoms with Crippen LogP contribution in [0.4, 0.5) is 0 Å². The molecule has 3 unspecified atom stereocenters. The third kappa shape index (κ3) is 2.80. The summed E-state index contributed by atoms with van der Waals surface area (Å²) < 4.78 is 0. The lowest BCUT2D eigenvalue weighted by Crippen LogP contribution is -2.28. The maximum absolute atomic E-state index is 11.8. The molecule has 0 aromatic carbocycles. The normalized spacial score (nSPS) is 30.4. The maximum Gasteiger partial charge on any atom is 0.137 e. The molecule has 0 saturated carbocycles. The number of carbonyl (C=O) groups is 1. The minimum Gasteiger partial charge on any atom is -0.314 e. The zero-order valence-corrected chi connectivity index (χ0v) is 8.97. The SMILES string of the molecule is CCC(C)CC(=O)C1CCNC1C. The second kappa shape index (κ2) is 4.75. The van der Waals surface area contributed by atoms with Gasteiger partial charge in [0.05, 0.1) is 0 Å². The van der Waals surface area contributed by atoms with Crippen LogP contribution < -0.4 is 5.32 Å². The monoisotopic (exact) mass is 183 g/mol. The first-order valence-electron chi connectivity index (χ1n) is 5.41. The third-order valence-corrected chi connectivity index (χ3v) is 3.19. The fraction of sp³-hybridized carbons (Fsp3) is 0.909. The van der Waals surface area contributed by atoms with E-state index in [2.05, 4.69) is 26.1 Å². The number of ketones is 1. The summed E-state index contributed by atoms with van der Waals surface area (Å²) in [6.07, 6.45) is 2.92. The number of hydrogen-bond acceptors (Lipinski definition) is 2. The van der Waals surface area contributed by atoms with Crippen molar-refractivity contribution in [3.8, 4) is 0 Å². The first-order valence-corrected chi connectivity index (χ1v) is 5.41. The summed E-state index contributed by atoms with van der Waals surface area (Å²) in [6, 6.07) is 0.400. The van der Waals surface area contributed by atoms with E-state index in [1.165, 1.54) is 0 Å². The van der Waals surface area contributed by atoms with Crippen molar-refractivity contribution < 1.29 is 4.79 Å². The van der Waals surface area contributed by atoms with Gasteiger partial charge < -0.3 is 5.32 Å². The van der Waals surface area contributed by atoms with Gasteiger partial charge in [0.1, 0.15) is 5.78 Å². The smallest absolute Gasteiger partial charge is 0.137 e. The standard InChI is InChI=1S/C11H21NO/c1-4-8(2)7-11(13)10-5-6-12-9(10)3/h8-10,12H,4-7H2,1-3H3. The molecular weight excluding hydrogens is 162 g/mol. The van der Waals surface area contributed by atoms with Crippen LogP contribution in [0.15, 0.2) is 0 Å². The first-order chi connectivity index (χ1) is 6.15. The van der Waals surface area contributed by atoms with E-state index in [9.17, 15) is 4.79 Å². The highest BCUT2D eigenvalue weighted by Gasteiger charge is 2.29. The third-order valence-electron chi connectivity index (χ3n) is 3.19. The van der Waals surface area contributed by atoms with Crippen LogP contribution >= 0.6 is 0 Å². The molecule has 0 spiro atoms. The Bertz CT molecular complexity index is 179. The molecule has 1 N–H and O–H groups in total.